The maximum atomic E-state index is 12.7. The molecule has 2 N–H and O–H groups in total. The third-order valence-corrected chi connectivity index (χ3v) is 8.02. The van der Waals surface area contributed by atoms with Gasteiger partial charge in [0.15, 0.2) is 0 Å². The molecule has 0 saturated carbocycles. The monoisotopic (exact) mass is 560 g/mol. The summed E-state index contributed by atoms with van der Waals surface area (Å²) in [4.78, 5) is 37.7. The minimum Gasteiger partial charge on any atom is -0.395 e. The molecule has 1 aliphatic heterocycles. The largest absolute Gasteiger partial charge is 0.395 e. The van der Waals surface area contributed by atoms with Crippen LogP contribution in [0.2, 0.25) is 0 Å². The molecule has 1 fully saturated rings. The molecule has 210 valence electrons. The van der Waals surface area contributed by atoms with Crippen molar-refractivity contribution in [1.82, 2.24) is 29.7 Å². The number of hydrogen-bond donors (Lipinski definition) is 2. The SMILES string of the molecule is Cc1cc(Nc2cc3nc(-c4cc(C(=O)N(C)C)cc(C(C)C)c4)sc3cn2)nc(N2CCN(CCO)CC2)n1. The Hall–Kier alpha value is -3.67. The van der Waals surface area contributed by atoms with Gasteiger partial charge in [0.05, 0.1) is 16.8 Å². The molecule has 0 aliphatic carbocycles. The Labute approximate surface area is 238 Å². The Balaban J connectivity index is 1.39. The first-order valence-corrected chi connectivity index (χ1v) is 14.4. The zero-order valence-corrected chi connectivity index (χ0v) is 24.5. The maximum Gasteiger partial charge on any atom is 0.253 e. The molecule has 10 nitrogen and oxygen atoms in total. The van der Waals surface area contributed by atoms with Crippen molar-refractivity contribution < 1.29 is 9.90 Å². The van der Waals surface area contributed by atoms with E-state index in [1.165, 1.54) is 0 Å². The summed E-state index contributed by atoms with van der Waals surface area (Å²) in [6.07, 6.45) is 1.83. The molecule has 40 heavy (non-hydrogen) atoms. The molecule has 0 bridgehead atoms. The van der Waals surface area contributed by atoms with Gasteiger partial charge in [0.1, 0.15) is 16.6 Å². The number of amides is 1. The van der Waals surface area contributed by atoms with E-state index >= 15 is 0 Å². The predicted molar refractivity (Wildman–Crippen MR) is 161 cm³/mol. The van der Waals surface area contributed by atoms with Crippen molar-refractivity contribution in [1.29, 1.82) is 0 Å². The van der Waals surface area contributed by atoms with Crippen molar-refractivity contribution in [3.05, 3.63) is 53.3 Å². The molecule has 0 atom stereocenters. The number of nitrogens with zero attached hydrogens (tertiary/aromatic N) is 7. The van der Waals surface area contributed by atoms with Crippen LogP contribution in [0.5, 0.6) is 0 Å². The van der Waals surface area contributed by atoms with Gasteiger partial charge in [-0.05, 0) is 36.6 Å². The van der Waals surface area contributed by atoms with Crippen LogP contribution in [0.25, 0.3) is 20.8 Å². The van der Waals surface area contributed by atoms with Crippen molar-refractivity contribution in [3.8, 4) is 10.6 Å². The van der Waals surface area contributed by atoms with E-state index in [2.05, 4.69) is 45.0 Å². The summed E-state index contributed by atoms with van der Waals surface area (Å²) in [6, 6.07) is 9.85. The number of β-amino-alcohol motifs (C(OH)–C–C–N with tert-alkyl or cyclic N) is 1. The highest BCUT2D eigenvalue weighted by molar-refractivity contribution is 7.21. The molecule has 0 spiro atoms. The van der Waals surface area contributed by atoms with Crippen molar-refractivity contribution >= 4 is 45.0 Å². The van der Waals surface area contributed by atoms with Crippen LogP contribution in [0.15, 0.2) is 36.5 Å². The van der Waals surface area contributed by atoms with Crippen LogP contribution >= 0.6 is 11.3 Å². The lowest BCUT2D eigenvalue weighted by Crippen LogP contribution is -2.47. The van der Waals surface area contributed by atoms with Crippen LogP contribution in [0.1, 0.15) is 41.4 Å². The number of aliphatic hydroxyl groups is 1. The molecule has 5 rings (SSSR count). The quantitative estimate of drug-likeness (QED) is 0.328. The van der Waals surface area contributed by atoms with E-state index in [-0.39, 0.29) is 18.4 Å². The fraction of sp³-hybridized carbons (Fsp3) is 0.414. The van der Waals surface area contributed by atoms with E-state index < -0.39 is 0 Å². The number of aliphatic hydroxyl groups excluding tert-OH is 1. The lowest BCUT2D eigenvalue weighted by atomic mass is 9.97. The van der Waals surface area contributed by atoms with Crippen LogP contribution in [-0.4, -0.2) is 94.2 Å². The van der Waals surface area contributed by atoms with Crippen molar-refractivity contribution in [3.63, 3.8) is 0 Å². The first-order valence-electron chi connectivity index (χ1n) is 13.5. The molecule has 1 saturated heterocycles. The Morgan fingerprint density at radius 1 is 1.05 bits per heavy atom. The zero-order chi connectivity index (χ0) is 28.4. The number of fused-ring (bicyclic) bond motifs is 1. The zero-order valence-electron chi connectivity index (χ0n) is 23.7. The summed E-state index contributed by atoms with van der Waals surface area (Å²) in [5.74, 6) is 2.28. The molecule has 0 radical (unpaired) electrons. The molecular formula is C29H36N8O2S. The van der Waals surface area contributed by atoms with E-state index in [0.717, 1.165) is 58.2 Å². The molecule has 1 aliphatic rings. The molecule has 4 aromatic rings. The van der Waals surface area contributed by atoms with Gasteiger partial charge in [-0.3, -0.25) is 9.69 Å². The highest BCUT2D eigenvalue weighted by Gasteiger charge is 2.20. The summed E-state index contributed by atoms with van der Waals surface area (Å²) in [5, 5.41) is 13.4. The average Bonchev–Trinajstić information content (AvgIpc) is 3.36. The van der Waals surface area contributed by atoms with Crippen LogP contribution in [0.3, 0.4) is 0 Å². The number of carbonyl (C=O) groups excluding carboxylic acids is 1. The second-order valence-corrected chi connectivity index (χ2v) is 11.7. The topological polar surface area (TPSA) is 111 Å². The number of pyridine rings is 1. The summed E-state index contributed by atoms with van der Waals surface area (Å²) >= 11 is 1.56. The number of carbonyl (C=O) groups is 1. The number of nitrogens with one attached hydrogen (secondary N) is 1. The Kier molecular flexibility index (Phi) is 8.24. The lowest BCUT2D eigenvalue weighted by molar-refractivity contribution is 0.0827. The summed E-state index contributed by atoms with van der Waals surface area (Å²) in [5.41, 5.74) is 4.40. The summed E-state index contributed by atoms with van der Waals surface area (Å²) < 4.78 is 0.969. The van der Waals surface area contributed by atoms with Gasteiger partial charge in [-0.1, -0.05) is 13.8 Å². The second kappa shape index (κ2) is 11.8. The lowest BCUT2D eigenvalue weighted by Gasteiger charge is -2.34. The smallest absolute Gasteiger partial charge is 0.253 e. The predicted octanol–water partition coefficient (Wildman–Crippen LogP) is 4.14. The first kappa shape index (κ1) is 27.9. The number of piperazine rings is 1. The average molecular weight is 561 g/mol. The number of hydrogen-bond acceptors (Lipinski definition) is 10. The summed E-state index contributed by atoms with van der Waals surface area (Å²) in [6.45, 7) is 10.5. The van der Waals surface area contributed by atoms with Crippen molar-refractivity contribution in [2.45, 2.75) is 26.7 Å². The number of anilines is 3. The van der Waals surface area contributed by atoms with Crippen molar-refractivity contribution in [2.75, 3.05) is 63.6 Å². The van der Waals surface area contributed by atoms with Crippen LogP contribution in [0.4, 0.5) is 17.6 Å². The molecule has 0 unspecified atom stereocenters. The van der Waals surface area contributed by atoms with E-state index in [4.69, 9.17) is 9.97 Å². The van der Waals surface area contributed by atoms with Crippen LogP contribution in [-0.2, 0) is 0 Å². The molecular weight excluding hydrogens is 524 g/mol. The number of aromatic nitrogens is 4. The van der Waals surface area contributed by atoms with Crippen LogP contribution < -0.4 is 10.2 Å². The van der Waals surface area contributed by atoms with E-state index in [0.29, 0.717) is 29.7 Å². The third-order valence-electron chi connectivity index (χ3n) is 6.97. The van der Waals surface area contributed by atoms with Gasteiger partial charge in [-0.25, -0.2) is 15.0 Å². The number of benzene rings is 1. The van der Waals surface area contributed by atoms with E-state index in [1.807, 2.05) is 37.4 Å². The maximum absolute atomic E-state index is 12.7. The molecule has 1 aromatic carbocycles. The molecule has 3 aromatic heterocycles. The normalized spacial score (nSPS) is 14.2. The fourth-order valence-electron chi connectivity index (χ4n) is 4.72. The number of rotatable bonds is 8. The van der Waals surface area contributed by atoms with Gasteiger partial charge in [-0.15, -0.1) is 11.3 Å². The molecule has 11 heteroatoms. The van der Waals surface area contributed by atoms with Crippen molar-refractivity contribution in [2.24, 2.45) is 0 Å². The fourth-order valence-corrected chi connectivity index (χ4v) is 5.62. The minimum atomic E-state index is -0.0235. The Bertz CT molecular complexity index is 1510. The van der Waals surface area contributed by atoms with Gasteiger partial charge in [-0.2, -0.15) is 4.98 Å². The first-order chi connectivity index (χ1) is 19.2. The van der Waals surface area contributed by atoms with Gasteiger partial charge in [0, 0.05) is 82.0 Å². The molecule has 4 heterocycles. The van der Waals surface area contributed by atoms with Gasteiger partial charge in [0.2, 0.25) is 5.95 Å². The highest BCUT2D eigenvalue weighted by Crippen LogP contribution is 2.33. The minimum absolute atomic E-state index is 0.0235. The standard InChI is InChI=1S/C29H36N8O2S/c1-18(2)20-13-21(15-22(14-20)28(39)35(4)5)27-32-23-16-25(30-17-24(23)40-27)33-26-12-19(3)31-29(34-26)37-8-6-36(7-9-37)10-11-38/h12-18,38H,6-11H2,1-5H3,(H,30,31,33,34). The second-order valence-electron chi connectivity index (χ2n) is 10.6. The Morgan fingerprint density at radius 3 is 2.52 bits per heavy atom. The Morgan fingerprint density at radius 2 is 1.82 bits per heavy atom. The van der Waals surface area contributed by atoms with E-state index in [1.54, 1.807) is 30.3 Å². The summed E-state index contributed by atoms with van der Waals surface area (Å²) in [7, 11) is 3.53. The third kappa shape index (κ3) is 6.22. The highest BCUT2D eigenvalue weighted by atomic mass is 32.1. The molecule has 1 amide bonds. The van der Waals surface area contributed by atoms with Gasteiger partial charge >= 0.3 is 0 Å². The van der Waals surface area contributed by atoms with Gasteiger partial charge < -0.3 is 20.2 Å². The van der Waals surface area contributed by atoms with Gasteiger partial charge in [0.25, 0.3) is 5.91 Å². The van der Waals surface area contributed by atoms with Crippen LogP contribution in [0, 0.1) is 6.92 Å². The number of thiazole rings is 1. The van der Waals surface area contributed by atoms with E-state index in [9.17, 15) is 9.90 Å². The number of aryl methyl sites for hydroxylation is 1.